The van der Waals surface area contributed by atoms with E-state index in [1.54, 1.807) is 12.1 Å². The molecule has 0 aliphatic heterocycles. The summed E-state index contributed by atoms with van der Waals surface area (Å²) < 4.78 is 13.6. The van der Waals surface area contributed by atoms with Crippen molar-refractivity contribution < 1.29 is 4.39 Å². The molecule has 2 rings (SSSR count). The van der Waals surface area contributed by atoms with E-state index in [0.717, 1.165) is 5.69 Å². The molecule has 2 N–H and O–H groups in total. The van der Waals surface area contributed by atoms with Crippen molar-refractivity contribution in [2.45, 2.75) is 13.5 Å². The molecule has 0 aliphatic carbocycles. The molecule has 0 unspecified atom stereocenters. The van der Waals surface area contributed by atoms with Gasteiger partial charge >= 0.3 is 0 Å². The quantitative estimate of drug-likeness (QED) is 0.904. The van der Waals surface area contributed by atoms with E-state index < -0.39 is 0 Å². The van der Waals surface area contributed by atoms with Crippen LogP contribution >= 0.6 is 0 Å². The summed E-state index contributed by atoms with van der Waals surface area (Å²) in [6.45, 7) is 2.34. The molecule has 0 amide bonds. The van der Waals surface area contributed by atoms with Gasteiger partial charge in [0.1, 0.15) is 5.82 Å². The molecule has 2 aromatic rings. The van der Waals surface area contributed by atoms with Crippen LogP contribution in [0.4, 0.5) is 15.9 Å². The number of pyridine rings is 1. The van der Waals surface area contributed by atoms with Gasteiger partial charge in [-0.3, -0.25) is 0 Å². The Hall–Kier alpha value is -2.10. The molecular weight excluding hydrogens is 229 g/mol. The van der Waals surface area contributed by atoms with Crippen molar-refractivity contribution in [2.75, 3.05) is 17.7 Å². The van der Waals surface area contributed by atoms with E-state index in [-0.39, 0.29) is 5.82 Å². The number of aromatic nitrogens is 1. The smallest absolute Gasteiger partial charge is 0.152 e. The Morgan fingerprint density at radius 2 is 1.94 bits per heavy atom. The fourth-order valence-corrected chi connectivity index (χ4v) is 1.82. The van der Waals surface area contributed by atoms with E-state index in [1.807, 2.05) is 37.1 Å². The van der Waals surface area contributed by atoms with E-state index in [9.17, 15) is 4.39 Å². The van der Waals surface area contributed by atoms with Gasteiger partial charge < -0.3 is 10.6 Å². The zero-order chi connectivity index (χ0) is 13.1. The molecule has 0 aliphatic rings. The van der Waals surface area contributed by atoms with Crippen LogP contribution in [0.2, 0.25) is 0 Å². The zero-order valence-electron chi connectivity index (χ0n) is 10.5. The van der Waals surface area contributed by atoms with Gasteiger partial charge in [-0.05, 0) is 25.1 Å². The normalized spacial score (nSPS) is 10.4. The van der Waals surface area contributed by atoms with E-state index in [2.05, 4.69) is 4.98 Å². The summed E-state index contributed by atoms with van der Waals surface area (Å²) in [6, 6.07) is 10.4. The topological polar surface area (TPSA) is 42.1 Å². The third-order valence-electron chi connectivity index (χ3n) is 2.77. The first kappa shape index (κ1) is 12.4. The van der Waals surface area contributed by atoms with Crippen LogP contribution in [0.1, 0.15) is 11.3 Å². The molecule has 0 fully saturated rings. The fourth-order valence-electron chi connectivity index (χ4n) is 1.82. The summed E-state index contributed by atoms with van der Waals surface area (Å²) >= 11 is 0. The largest absolute Gasteiger partial charge is 0.396 e. The Morgan fingerprint density at radius 3 is 2.67 bits per heavy atom. The van der Waals surface area contributed by atoms with Gasteiger partial charge in [-0.15, -0.1) is 0 Å². The lowest BCUT2D eigenvalue weighted by Gasteiger charge is -2.20. The van der Waals surface area contributed by atoms with E-state index >= 15 is 0 Å². The van der Waals surface area contributed by atoms with Crippen molar-refractivity contribution in [3.8, 4) is 0 Å². The first-order valence-electron chi connectivity index (χ1n) is 5.75. The van der Waals surface area contributed by atoms with Crippen molar-refractivity contribution in [1.82, 2.24) is 4.98 Å². The third kappa shape index (κ3) is 2.59. The molecule has 0 spiro atoms. The minimum atomic E-state index is -0.212. The Bertz CT molecular complexity index is 554. The molecular formula is C14H16FN3. The lowest BCUT2D eigenvalue weighted by Crippen LogP contribution is -2.20. The van der Waals surface area contributed by atoms with Crippen molar-refractivity contribution >= 4 is 11.5 Å². The van der Waals surface area contributed by atoms with Crippen molar-refractivity contribution in [2.24, 2.45) is 0 Å². The number of anilines is 2. The lowest BCUT2D eigenvalue weighted by molar-refractivity contribution is 0.607. The number of hydrogen-bond donors (Lipinski definition) is 1. The average Bonchev–Trinajstić information content (AvgIpc) is 2.35. The second-order valence-electron chi connectivity index (χ2n) is 4.31. The summed E-state index contributed by atoms with van der Waals surface area (Å²) in [7, 11) is 1.85. The molecule has 1 heterocycles. The number of aryl methyl sites for hydroxylation is 1. The highest BCUT2D eigenvalue weighted by atomic mass is 19.1. The predicted molar refractivity (Wildman–Crippen MR) is 71.9 cm³/mol. The maximum Gasteiger partial charge on any atom is 0.152 e. The second kappa shape index (κ2) is 5.04. The van der Waals surface area contributed by atoms with Gasteiger partial charge in [0.25, 0.3) is 0 Å². The molecule has 1 aromatic carbocycles. The number of halogens is 1. The van der Waals surface area contributed by atoms with Gasteiger partial charge in [0, 0.05) is 24.8 Å². The van der Waals surface area contributed by atoms with E-state index in [1.165, 1.54) is 6.07 Å². The molecule has 0 saturated heterocycles. The number of hydrogen-bond acceptors (Lipinski definition) is 3. The molecule has 0 radical (unpaired) electrons. The minimum Gasteiger partial charge on any atom is -0.396 e. The number of rotatable bonds is 3. The van der Waals surface area contributed by atoms with Crippen LogP contribution in [0.15, 0.2) is 36.4 Å². The van der Waals surface area contributed by atoms with Gasteiger partial charge in [-0.2, -0.15) is 0 Å². The summed E-state index contributed by atoms with van der Waals surface area (Å²) in [5, 5.41) is 0. The average molecular weight is 245 g/mol. The third-order valence-corrected chi connectivity index (χ3v) is 2.77. The van der Waals surface area contributed by atoms with Crippen LogP contribution in [0.3, 0.4) is 0 Å². The van der Waals surface area contributed by atoms with Gasteiger partial charge in [-0.1, -0.05) is 18.2 Å². The first-order valence-corrected chi connectivity index (χ1v) is 5.75. The Morgan fingerprint density at radius 1 is 1.22 bits per heavy atom. The van der Waals surface area contributed by atoms with Gasteiger partial charge in [0.15, 0.2) is 5.82 Å². The van der Waals surface area contributed by atoms with Crippen LogP contribution in [0.25, 0.3) is 0 Å². The highest BCUT2D eigenvalue weighted by Crippen LogP contribution is 2.21. The molecule has 0 bridgehead atoms. The van der Waals surface area contributed by atoms with E-state index in [4.69, 9.17) is 5.73 Å². The molecule has 18 heavy (non-hydrogen) atoms. The standard InChI is InChI=1S/C14H16FN3/c1-10-7-8-13(16)14(17-10)18(2)9-11-5-3-4-6-12(11)15/h3-8H,9,16H2,1-2H3. The maximum atomic E-state index is 13.6. The fraction of sp³-hybridized carbons (Fsp3) is 0.214. The van der Waals surface area contributed by atoms with Crippen LogP contribution in [-0.2, 0) is 6.54 Å². The molecule has 3 nitrogen and oxygen atoms in total. The molecule has 0 saturated carbocycles. The highest BCUT2D eigenvalue weighted by molar-refractivity contribution is 5.62. The van der Waals surface area contributed by atoms with E-state index in [0.29, 0.717) is 23.6 Å². The first-order chi connectivity index (χ1) is 8.58. The van der Waals surface area contributed by atoms with Crippen LogP contribution in [0.5, 0.6) is 0 Å². The van der Waals surface area contributed by atoms with Crippen LogP contribution < -0.4 is 10.6 Å². The number of nitrogen functional groups attached to an aromatic ring is 1. The van der Waals surface area contributed by atoms with Crippen molar-refractivity contribution in [3.63, 3.8) is 0 Å². The Balaban J connectivity index is 2.25. The predicted octanol–water partition coefficient (Wildman–Crippen LogP) is 2.75. The van der Waals surface area contributed by atoms with Crippen LogP contribution in [-0.4, -0.2) is 12.0 Å². The number of nitrogens with zero attached hydrogens (tertiary/aromatic N) is 2. The molecule has 0 atom stereocenters. The van der Waals surface area contributed by atoms with Gasteiger partial charge in [0.2, 0.25) is 0 Å². The summed E-state index contributed by atoms with van der Waals surface area (Å²) in [5.41, 5.74) is 8.00. The Labute approximate surface area is 106 Å². The second-order valence-corrected chi connectivity index (χ2v) is 4.31. The Kier molecular flexibility index (Phi) is 3.46. The highest BCUT2D eigenvalue weighted by Gasteiger charge is 2.10. The van der Waals surface area contributed by atoms with Crippen molar-refractivity contribution in [3.05, 3.63) is 53.5 Å². The molecule has 1 aromatic heterocycles. The summed E-state index contributed by atoms with van der Waals surface area (Å²) in [5.74, 6) is 0.467. The zero-order valence-corrected chi connectivity index (χ0v) is 10.5. The van der Waals surface area contributed by atoms with Crippen LogP contribution in [0, 0.1) is 12.7 Å². The lowest BCUT2D eigenvalue weighted by atomic mass is 10.2. The summed E-state index contributed by atoms with van der Waals surface area (Å²) in [6.07, 6.45) is 0. The van der Waals surface area contributed by atoms with Gasteiger partial charge in [-0.25, -0.2) is 9.37 Å². The van der Waals surface area contributed by atoms with Gasteiger partial charge in [0.05, 0.1) is 5.69 Å². The SMILES string of the molecule is Cc1ccc(N)c(N(C)Cc2ccccc2F)n1. The molecule has 94 valence electrons. The maximum absolute atomic E-state index is 13.6. The molecule has 4 heteroatoms. The monoisotopic (exact) mass is 245 g/mol. The van der Waals surface area contributed by atoms with Crippen molar-refractivity contribution in [1.29, 1.82) is 0 Å². The number of nitrogens with two attached hydrogens (primary N) is 1. The number of benzene rings is 1. The minimum absolute atomic E-state index is 0.212. The summed E-state index contributed by atoms with van der Waals surface area (Å²) in [4.78, 5) is 6.22.